The lowest BCUT2D eigenvalue weighted by Crippen LogP contribution is -2.40. The van der Waals surface area contributed by atoms with Gasteiger partial charge in [0.2, 0.25) is 5.91 Å². The van der Waals surface area contributed by atoms with Gasteiger partial charge in [-0.05, 0) is 51.8 Å². The maximum atomic E-state index is 12.6. The highest BCUT2D eigenvalue weighted by Gasteiger charge is 2.35. The molecular weight excluding hydrogens is 444 g/mol. The molecule has 0 aromatic heterocycles. The average molecular weight is 477 g/mol. The first-order valence-corrected chi connectivity index (χ1v) is 11.0. The second-order valence-corrected chi connectivity index (χ2v) is 8.68. The topological polar surface area (TPSA) is 143 Å². The molecule has 0 aliphatic carbocycles. The van der Waals surface area contributed by atoms with Crippen molar-refractivity contribution in [2.75, 3.05) is 39.9 Å². The number of nitrogens with zero attached hydrogens (tertiary/aromatic N) is 1. The fraction of sp³-hybridized carbons (Fsp3) is 0.522. The quantitative estimate of drug-likeness (QED) is 0.320. The maximum Gasteiger partial charge on any atom is 0.408 e. The number of amides is 5. The van der Waals surface area contributed by atoms with E-state index in [1.165, 1.54) is 18.2 Å². The van der Waals surface area contributed by atoms with Gasteiger partial charge in [0.05, 0.1) is 17.7 Å². The molecular formula is C23H32N4O7. The summed E-state index contributed by atoms with van der Waals surface area (Å²) in [6.07, 6.45) is 0.310. The summed E-state index contributed by atoms with van der Waals surface area (Å²) < 4.78 is 10.0. The molecule has 0 saturated carbocycles. The van der Waals surface area contributed by atoms with Crippen molar-refractivity contribution in [3.05, 3.63) is 34.9 Å². The van der Waals surface area contributed by atoms with Crippen LogP contribution in [0.25, 0.3) is 0 Å². The van der Waals surface area contributed by atoms with Crippen LogP contribution in [0.3, 0.4) is 0 Å². The van der Waals surface area contributed by atoms with Crippen LogP contribution in [0.5, 0.6) is 0 Å². The van der Waals surface area contributed by atoms with Gasteiger partial charge >= 0.3 is 6.09 Å². The molecule has 0 atom stereocenters. The molecule has 5 amide bonds. The van der Waals surface area contributed by atoms with Crippen molar-refractivity contribution < 1.29 is 33.4 Å². The molecule has 0 spiro atoms. The number of carbonyl (C=O) groups excluding carboxylic acids is 5. The average Bonchev–Trinajstić information content (AvgIpc) is 3.00. The van der Waals surface area contributed by atoms with E-state index in [1.807, 2.05) is 0 Å². The number of benzene rings is 1. The summed E-state index contributed by atoms with van der Waals surface area (Å²) in [5.41, 5.74) is 0.106. The van der Waals surface area contributed by atoms with Crippen molar-refractivity contribution in [2.45, 2.75) is 39.2 Å². The standard InChI is InChI=1S/C23H32N4O7/c1-23(2,3)34-22(32)26-14-18(28)24-9-5-10-25-19(29)15-7-8-16-17(13-15)21(31)27(20(16)30)11-6-12-33-4/h7-8,13H,5-6,9-12,14H2,1-4H3,(H,24,28)(H,25,29)(H,26,32). The number of methoxy groups -OCH3 is 1. The molecule has 1 aliphatic rings. The number of alkyl carbamates (subject to hydrolysis) is 1. The zero-order valence-electron chi connectivity index (χ0n) is 20.0. The molecule has 1 aromatic carbocycles. The number of carbonyl (C=O) groups is 5. The van der Waals surface area contributed by atoms with E-state index >= 15 is 0 Å². The van der Waals surface area contributed by atoms with E-state index in [9.17, 15) is 24.0 Å². The van der Waals surface area contributed by atoms with E-state index in [-0.39, 0.29) is 54.0 Å². The van der Waals surface area contributed by atoms with Crippen LogP contribution in [0.4, 0.5) is 4.79 Å². The first kappa shape index (κ1) is 26.8. The molecule has 1 heterocycles. The SMILES string of the molecule is COCCCN1C(=O)c2ccc(C(=O)NCCCNC(=O)CNC(=O)OC(C)(C)C)cc2C1=O. The van der Waals surface area contributed by atoms with E-state index in [0.29, 0.717) is 26.0 Å². The molecule has 2 rings (SSSR count). The lowest BCUT2D eigenvalue weighted by atomic mass is 10.1. The third-order valence-electron chi connectivity index (χ3n) is 4.72. The Hall–Kier alpha value is -3.47. The summed E-state index contributed by atoms with van der Waals surface area (Å²) in [6, 6.07) is 4.41. The van der Waals surface area contributed by atoms with Crippen LogP contribution in [0.2, 0.25) is 0 Å². The van der Waals surface area contributed by atoms with Crippen LogP contribution in [0.1, 0.15) is 64.7 Å². The van der Waals surface area contributed by atoms with Crippen LogP contribution in [-0.4, -0.2) is 80.1 Å². The predicted octanol–water partition coefficient (Wildman–Crippen LogP) is 1.08. The number of hydrogen-bond donors (Lipinski definition) is 3. The Balaban J connectivity index is 1.73. The molecule has 0 radical (unpaired) electrons. The normalized spacial score (nSPS) is 12.9. The van der Waals surface area contributed by atoms with Gasteiger partial charge in [0.15, 0.2) is 0 Å². The van der Waals surface area contributed by atoms with Crippen LogP contribution >= 0.6 is 0 Å². The van der Waals surface area contributed by atoms with Crippen molar-refractivity contribution in [1.29, 1.82) is 0 Å². The minimum Gasteiger partial charge on any atom is -0.444 e. The number of hydrogen-bond acceptors (Lipinski definition) is 7. The van der Waals surface area contributed by atoms with Crippen molar-refractivity contribution in [3.63, 3.8) is 0 Å². The van der Waals surface area contributed by atoms with Crippen LogP contribution in [0.15, 0.2) is 18.2 Å². The fourth-order valence-corrected chi connectivity index (χ4v) is 3.15. The first-order chi connectivity index (χ1) is 16.0. The van der Waals surface area contributed by atoms with Crippen molar-refractivity contribution >= 4 is 29.7 Å². The van der Waals surface area contributed by atoms with Gasteiger partial charge in [0, 0.05) is 38.9 Å². The van der Waals surface area contributed by atoms with Crippen LogP contribution in [-0.2, 0) is 14.3 Å². The summed E-state index contributed by atoms with van der Waals surface area (Å²) in [6.45, 7) is 6.21. The summed E-state index contributed by atoms with van der Waals surface area (Å²) in [5.74, 6) is -1.57. The number of nitrogens with one attached hydrogen (secondary N) is 3. The monoisotopic (exact) mass is 476 g/mol. The van der Waals surface area contributed by atoms with E-state index < -0.39 is 17.6 Å². The second-order valence-electron chi connectivity index (χ2n) is 8.68. The highest BCUT2D eigenvalue weighted by atomic mass is 16.6. The number of fused-ring (bicyclic) bond motifs is 1. The van der Waals surface area contributed by atoms with Crippen LogP contribution < -0.4 is 16.0 Å². The molecule has 0 bridgehead atoms. The van der Waals surface area contributed by atoms with Gasteiger partial charge in [0.1, 0.15) is 5.60 Å². The highest BCUT2D eigenvalue weighted by Crippen LogP contribution is 2.24. The van der Waals surface area contributed by atoms with Crippen molar-refractivity contribution in [3.8, 4) is 0 Å². The Morgan fingerprint density at radius 1 is 0.941 bits per heavy atom. The zero-order chi connectivity index (χ0) is 25.3. The Kier molecular flexibility index (Phi) is 9.55. The molecule has 0 fully saturated rings. The Labute approximate surface area is 198 Å². The number of ether oxygens (including phenoxy) is 2. The molecule has 1 aliphatic heterocycles. The number of imide groups is 1. The summed E-state index contributed by atoms with van der Waals surface area (Å²) >= 11 is 0. The largest absolute Gasteiger partial charge is 0.444 e. The van der Waals surface area contributed by atoms with E-state index in [4.69, 9.17) is 9.47 Å². The highest BCUT2D eigenvalue weighted by molar-refractivity contribution is 6.22. The Morgan fingerprint density at radius 3 is 2.29 bits per heavy atom. The zero-order valence-corrected chi connectivity index (χ0v) is 20.0. The molecule has 11 heteroatoms. The lowest BCUT2D eigenvalue weighted by Gasteiger charge is -2.19. The van der Waals surface area contributed by atoms with Gasteiger partial charge in [-0.3, -0.25) is 24.1 Å². The Morgan fingerprint density at radius 2 is 1.62 bits per heavy atom. The molecule has 34 heavy (non-hydrogen) atoms. The van der Waals surface area contributed by atoms with E-state index in [2.05, 4.69) is 16.0 Å². The summed E-state index contributed by atoms with van der Waals surface area (Å²) in [5, 5.41) is 7.70. The van der Waals surface area contributed by atoms with Gasteiger partial charge < -0.3 is 25.4 Å². The van der Waals surface area contributed by atoms with Crippen molar-refractivity contribution in [2.24, 2.45) is 0 Å². The van der Waals surface area contributed by atoms with E-state index in [1.54, 1.807) is 27.9 Å². The fourth-order valence-electron chi connectivity index (χ4n) is 3.15. The maximum absolute atomic E-state index is 12.6. The molecule has 1 aromatic rings. The van der Waals surface area contributed by atoms with Gasteiger partial charge in [-0.15, -0.1) is 0 Å². The third kappa shape index (κ3) is 7.84. The third-order valence-corrected chi connectivity index (χ3v) is 4.72. The van der Waals surface area contributed by atoms with Gasteiger partial charge in [-0.25, -0.2) is 4.79 Å². The molecule has 11 nitrogen and oxygen atoms in total. The lowest BCUT2D eigenvalue weighted by molar-refractivity contribution is -0.120. The van der Waals surface area contributed by atoms with E-state index in [0.717, 1.165) is 4.90 Å². The van der Waals surface area contributed by atoms with Crippen molar-refractivity contribution in [1.82, 2.24) is 20.9 Å². The van der Waals surface area contributed by atoms with Gasteiger partial charge in [-0.2, -0.15) is 0 Å². The predicted molar refractivity (Wildman–Crippen MR) is 122 cm³/mol. The number of rotatable bonds is 11. The molecule has 0 saturated heterocycles. The second kappa shape index (κ2) is 12.1. The summed E-state index contributed by atoms with van der Waals surface area (Å²) in [4.78, 5) is 61.9. The molecule has 0 unspecified atom stereocenters. The smallest absolute Gasteiger partial charge is 0.408 e. The van der Waals surface area contributed by atoms with Gasteiger partial charge in [0.25, 0.3) is 17.7 Å². The minimum absolute atomic E-state index is 0.208. The molecule has 3 N–H and O–H groups in total. The van der Waals surface area contributed by atoms with Gasteiger partial charge in [-0.1, -0.05) is 0 Å². The Bertz CT molecular complexity index is 940. The van der Waals surface area contributed by atoms with Crippen LogP contribution in [0, 0.1) is 0 Å². The summed E-state index contributed by atoms with van der Waals surface area (Å²) in [7, 11) is 1.55. The first-order valence-electron chi connectivity index (χ1n) is 11.0. The molecule has 186 valence electrons. The minimum atomic E-state index is -0.678.